The number of nitrogens with two attached hydrogens (primary N) is 1. The van der Waals surface area contributed by atoms with E-state index in [1.54, 1.807) is 6.07 Å². The fourth-order valence-corrected chi connectivity index (χ4v) is 1.68. The first-order valence-electron chi connectivity index (χ1n) is 3.61. The van der Waals surface area contributed by atoms with Crippen molar-refractivity contribution in [2.24, 2.45) is 0 Å². The summed E-state index contributed by atoms with van der Waals surface area (Å²) in [7, 11) is 0. The van der Waals surface area contributed by atoms with Crippen LogP contribution in [-0.2, 0) is 0 Å². The van der Waals surface area contributed by atoms with Crippen LogP contribution in [0.2, 0.25) is 5.02 Å². The molecule has 0 saturated heterocycles. The summed E-state index contributed by atoms with van der Waals surface area (Å²) in [4.78, 5) is 0. The van der Waals surface area contributed by atoms with Gasteiger partial charge >= 0.3 is 0 Å². The molecule has 2 aromatic rings. The molecule has 0 aliphatic carbocycles. The van der Waals surface area contributed by atoms with Crippen molar-refractivity contribution >= 4 is 28.1 Å². The van der Waals surface area contributed by atoms with Crippen LogP contribution in [0.1, 0.15) is 0 Å². The lowest BCUT2D eigenvalue weighted by molar-refractivity contribution is 1.16. The zero-order chi connectivity index (χ0) is 9.26. The SMILES string of the molecule is Nc1snnc1-c1cccc(Cl)c1. The molecule has 0 radical (unpaired) electrons. The van der Waals surface area contributed by atoms with Gasteiger partial charge in [-0.15, -0.1) is 5.10 Å². The molecule has 1 aromatic carbocycles. The Labute approximate surface area is 84.3 Å². The number of nitrogen functional groups attached to an aromatic ring is 1. The average molecular weight is 212 g/mol. The van der Waals surface area contributed by atoms with Gasteiger partial charge in [0, 0.05) is 22.1 Å². The van der Waals surface area contributed by atoms with E-state index in [2.05, 4.69) is 9.59 Å². The minimum absolute atomic E-state index is 0.613. The highest BCUT2D eigenvalue weighted by Gasteiger charge is 2.06. The maximum atomic E-state index is 5.83. The van der Waals surface area contributed by atoms with Gasteiger partial charge in [0.2, 0.25) is 0 Å². The molecular formula is C8H6ClN3S. The number of hydrogen-bond donors (Lipinski definition) is 1. The second-order valence-corrected chi connectivity index (χ2v) is 3.72. The summed E-state index contributed by atoms with van der Waals surface area (Å²) in [6.07, 6.45) is 0. The van der Waals surface area contributed by atoms with Gasteiger partial charge in [0.15, 0.2) is 0 Å². The Bertz CT molecular complexity index is 427. The van der Waals surface area contributed by atoms with Crippen molar-refractivity contribution in [3.05, 3.63) is 29.3 Å². The van der Waals surface area contributed by atoms with E-state index in [0.717, 1.165) is 5.56 Å². The first kappa shape index (κ1) is 8.47. The molecule has 0 unspecified atom stereocenters. The van der Waals surface area contributed by atoms with Gasteiger partial charge in [-0.05, 0) is 12.1 Å². The van der Waals surface area contributed by atoms with Crippen LogP contribution >= 0.6 is 23.1 Å². The molecule has 13 heavy (non-hydrogen) atoms. The van der Waals surface area contributed by atoms with E-state index in [1.165, 1.54) is 11.5 Å². The predicted octanol–water partition coefficient (Wildman–Crippen LogP) is 2.44. The van der Waals surface area contributed by atoms with Gasteiger partial charge in [0.25, 0.3) is 0 Å². The van der Waals surface area contributed by atoms with E-state index in [-0.39, 0.29) is 0 Å². The molecule has 0 bridgehead atoms. The number of benzene rings is 1. The zero-order valence-corrected chi connectivity index (χ0v) is 8.14. The van der Waals surface area contributed by atoms with Gasteiger partial charge in [-0.25, -0.2) is 0 Å². The van der Waals surface area contributed by atoms with Crippen LogP contribution in [0.25, 0.3) is 11.3 Å². The Morgan fingerprint density at radius 1 is 1.38 bits per heavy atom. The van der Waals surface area contributed by atoms with Gasteiger partial charge in [-0.2, -0.15) is 0 Å². The van der Waals surface area contributed by atoms with Gasteiger partial charge in [-0.3, -0.25) is 0 Å². The van der Waals surface area contributed by atoms with Crippen LogP contribution in [0.5, 0.6) is 0 Å². The van der Waals surface area contributed by atoms with Crippen molar-refractivity contribution in [1.82, 2.24) is 9.59 Å². The monoisotopic (exact) mass is 211 g/mol. The Hall–Kier alpha value is -1.13. The summed E-state index contributed by atoms with van der Waals surface area (Å²) in [5.74, 6) is 0. The van der Waals surface area contributed by atoms with Crippen LogP contribution in [0.15, 0.2) is 24.3 Å². The van der Waals surface area contributed by atoms with Crippen molar-refractivity contribution in [2.75, 3.05) is 5.73 Å². The average Bonchev–Trinajstić information content (AvgIpc) is 2.51. The van der Waals surface area contributed by atoms with Crippen molar-refractivity contribution < 1.29 is 0 Å². The highest BCUT2D eigenvalue weighted by molar-refractivity contribution is 7.10. The topological polar surface area (TPSA) is 51.8 Å². The van der Waals surface area contributed by atoms with Crippen LogP contribution in [0, 0.1) is 0 Å². The third-order valence-corrected chi connectivity index (χ3v) is 2.40. The number of nitrogens with zero attached hydrogens (tertiary/aromatic N) is 2. The van der Waals surface area contributed by atoms with E-state index in [4.69, 9.17) is 17.3 Å². The summed E-state index contributed by atoms with van der Waals surface area (Å²) >= 11 is 7.01. The molecule has 1 heterocycles. The smallest absolute Gasteiger partial charge is 0.135 e. The van der Waals surface area contributed by atoms with Crippen LogP contribution < -0.4 is 5.73 Å². The second-order valence-electron chi connectivity index (χ2n) is 2.50. The number of hydrogen-bond acceptors (Lipinski definition) is 4. The van der Waals surface area contributed by atoms with Crippen molar-refractivity contribution in [3.63, 3.8) is 0 Å². The summed E-state index contributed by atoms with van der Waals surface area (Å²) in [5, 5.41) is 5.20. The van der Waals surface area contributed by atoms with E-state index in [0.29, 0.717) is 15.7 Å². The summed E-state index contributed by atoms with van der Waals surface area (Å²) in [6.45, 7) is 0. The van der Waals surface area contributed by atoms with Crippen molar-refractivity contribution in [3.8, 4) is 11.3 Å². The molecule has 2 rings (SSSR count). The number of aromatic nitrogens is 2. The molecule has 0 fully saturated rings. The molecular weight excluding hydrogens is 206 g/mol. The normalized spacial score (nSPS) is 10.2. The molecule has 2 N–H and O–H groups in total. The number of halogens is 1. The van der Waals surface area contributed by atoms with Crippen molar-refractivity contribution in [2.45, 2.75) is 0 Å². The largest absolute Gasteiger partial charge is 0.387 e. The minimum atomic E-state index is 0.613. The quantitative estimate of drug-likeness (QED) is 0.788. The second kappa shape index (κ2) is 3.32. The molecule has 1 aromatic heterocycles. The van der Waals surface area contributed by atoms with Crippen LogP contribution in [0.4, 0.5) is 5.00 Å². The predicted molar refractivity (Wildman–Crippen MR) is 54.8 cm³/mol. The van der Waals surface area contributed by atoms with Gasteiger partial charge in [0.1, 0.15) is 10.7 Å². The molecule has 0 aliphatic heterocycles. The molecule has 0 aliphatic rings. The van der Waals surface area contributed by atoms with Crippen LogP contribution in [0.3, 0.4) is 0 Å². The third-order valence-electron chi connectivity index (χ3n) is 1.61. The standard InChI is InChI=1S/C8H6ClN3S/c9-6-3-1-2-5(4-6)7-8(10)13-12-11-7/h1-4H,10H2. The number of rotatable bonds is 1. The van der Waals surface area contributed by atoms with Gasteiger partial charge < -0.3 is 5.73 Å². The molecule has 66 valence electrons. The van der Waals surface area contributed by atoms with E-state index in [9.17, 15) is 0 Å². The highest BCUT2D eigenvalue weighted by atomic mass is 35.5. The molecule has 0 atom stereocenters. The maximum absolute atomic E-state index is 5.83. The Morgan fingerprint density at radius 3 is 2.85 bits per heavy atom. The third kappa shape index (κ3) is 1.64. The highest BCUT2D eigenvalue weighted by Crippen LogP contribution is 2.27. The fourth-order valence-electron chi connectivity index (χ4n) is 1.03. The van der Waals surface area contributed by atoms with E-state index >= 15 is 0 Å². The Balaban J connectivity index is 2.53. The zero-order valence-electron chi connectivity index (χ0n) is 6.57. The Kier molecular flexibility index (Phi) is 2.16. The first-order chi connectivity index (χ1) is 6.27. The minimum Gasteiger partial charge on any atom is -0.387 e. The van der Waals surface area contributed by atoms with E-state index < -0.39 is 0 Å². The summed E-state index contributed by atoms with van der Waals surface area (Å²) < 4.78 is 3.75. The van der Waals surface area contributed by atoms with Crippen LogP contribution in [-0.4, -0.2) is 9.59 Å². The van der Waals surface area contributed by atoms with Crippen molar-refractivity contribution in [1.29, 1.82) is 0 Å². The van der Waals surface area contributed by atoms with Gasteiger partial charge in [0.05, 0.1) is 0 Å². The lowest BCUT2D eigenvalue weighted by atomic mass is 10.2. The molecule has 5 heteroatoms. The van der Waals surface area contributed by atoms with E-state index in [1.807, 2.05) is 18.2 Å². The summed E-state index contributed by atoms with van der Waals surface area (Å²) in [6, 6.07) is 7.38. The first-order valence-corrected chi connectivity index (χ1v) is 4.76. The molecule has 0 amide bonds. The number of anilines is 1. The fraction of sp³-hybridized carbons (Fsp3) is 0. The molecule has 0 saturated carbocycles. The molecule has 0 spiro atoms. The summed E-state index contributed by atoms with van der Waals surface area (Å²) in [5.41, 5.74) is 7.28. The molecule has 3 nitrogen and oxygen atoms in total. The maximum Gasteiger partial charge on any atom is 0.135 e. The Morgan fingerprint density at radius 2 is 2.23 bits per heavy atom. The lowest BCUT2D eigenvalue weighted by Crippen LogP contribution is -1.85. The lowest BCUT2D eigenvalue weighted by Gasteiger charge is -1.96. The van der Waals surface area contributed by atoms with Gasteiger partial charge in [-0.1, -0.05) is 28.2 Å².